The standard InChI is InChI=1S/C14H22N2O2S/c1-11-10-19-14(18)16(11)9-13(17)15-12-7-5-3-2-4-6-8-12/h10,12H,2-9H2,1H3,(H,15,17). The van der Waals surface area contributed by atoms with Gasteiger partial charge in [-0.2, -0.15) is 0 Å². The Labute approximate surface area is 117 Å². The smallest absolute Gasteiger partial charge is 0.307 e. The molecule has 0 radical (unpaired) electrons. The molecule has 0 aliphatic heterocycles. The van der Waals surface area contributed by atoms with Crippen LogP contribution in [0.2, 0.25) is 0 Å². The van der Waals surface area contributed by atoms with E-state index in [1.807, 2.05) is 6.92 Å². The highest BCUT2D eigenvalue weighted by molar-refractivity contribution is 7.07. The van der Waals surface area contributed by atoms with Crippen LogP contribution in [0.5, 0.6) is 0 Å². The maximum Gasteiger partial charge on any atom is 0.307 e. The summed E-state index contributed by atoms with van der Waals surface area (Å²) in [5.74, 6) is -0.0332. The van der Waals surface area contributed by atoms with Gasteiger partial charge in [-0.05, 0) is 19.8 Å². The van der Waals surface area contributed by atoms with Crippen molar-refractivity contribution in [1.29, 1.82) is 0 Å². The van der Waals surface area contributed by atoms with E-state index in [1.54, 1.807) is 9.95 Å². The molecule has 1 aliphatic rings. The summed E-state index contributed by atoms with van der Waals surface area (Å²) in [6, 6.07) is 0.294. The van der Waals surface area contributed by atoms with Crippen molar-refractivity contribution in [3.8, 4) is 0 Å². The minimum absolute atomic E-state index is 0.0332. The van der Waals surface area contributed by atoms with E-state index in [2.05, 4.69) is 5.32 Å². The molecule has 0 unspecified atom stereocenters. The fourth-order valence-corrected chi connectivity index (χ4v) is 3.35. The lowest BCUT2D eigenvalue weighted by molar-refractivity contribution is -0.122. The molecule has 1 aromatic heterocycles. The second-order valence-corrected chi connectivity index (χ2v) is 6.16. The Balaban J connectivity index is 1.88. The van der Waals surface area contributed by atoms with Gasteiger partial charge in [-0.3, -0.25) is 14.2 Å². The lowest BCUT2D eigenvalue weighted by Crippen LogP contribution is -2.38. The van der Waals surface area contributed by atoms with Gasteiger partial charge in [-0.15, -0.1) is 0 Å². The van der Waals surface area contributed by atoms with Crippen LogP contribution in [0.1, 0.15) is 50.6 Å². The number of hydrogen-bond donors (Lipinski definition) is 1. The SMILES string of the molecule is Cc1csc(=O)n1CC(=O)NC1CCCCCCC1. The zero-order chi connectivity index (χ0) is 13.7. The number of carbonyl (C=O) groups excluding carboxylic acids is 1. The third-order valence-electron chi connectivity index (χ3n) is 3.75. The van der Waals surface area contributed by atoms with E-state index in [1.165, 1.54) is 32.1 Å². The van der Waals surface area contributed by atoms with Crippen LogP contribution in [0.4, 0.5) is 0 Å². The van der Waals surface area contributed by atoms with Gasteiger partial charge in [0.1, 0.15) is 6.54 Å². The predicted octanol–water partition coefficient (Wildman–Crippen LogP) is 2.45. The topological polar surface area (TPSA) is 51.1 Å². The lowest BCUT2D eigenvalue weighted by Gasteiger charge is -2.21. The molecule has 1 aromatic rings. The van der Waals surface area contributed by atoms with Gasteiger partial charge in [-0.1, -0.05) is 43.4 Å². The number of rotatable bonds is 3. The zero-order valence-electron chi connectivity index (χ0n) is 11.5. The van der Waals surface area contributed by atoms with Crippen molar-refractivity contribution < 1.29 is 4.79 Å². The van der Waals surface area contributed by atoms with Crippen molar-refractivity contribution in [3.05, 3.63) is 20.7 Å². The third kappa shape index (κ3) is 4.20. The summed E-state index contributed by atoms with van der Waals surface area (Å²) in [5.41, 5.74) is 0.864. The normalized spacial score (nSPS) is 17.7. The van der Waals surface area contributed by atoms with Crippen molar-refractivity contribution in [2.24, 2.45) is 0 Å². The van der Waals surface area contributed by atoms with E-state index in [0.717, 1.165) is 29.9 Å². The Morgan fingerprint density at radius 1 is 1.32 bits per heavy atom. The average Bonchev–Trinajstić information content (AvgIpc) is 2.64. The molecule has 1 aliphatic carbocycles. The quantitative estimate of drug-likeness (QED) is 0.926. The molecule has 1 heterocycles. The molecule has 2 rings (SSSR count). The number of nitrogens with zero attached hydrogens (tertiary/aromatic N) is 1. The summed E-state index contributed by atoms with van der Waals surface area (Å²) in [4.78, 5) is 23.5. The molecule has 19 heavy (non-hydrogen) atoms. The average molecular weight is 282 g/mol. The Hall–Kier alpha value is -1.10. The van der Waals surface area contributed by atoms with Crippen molar-refractivity contribution >= 4 is 17.2 Å². The van der Waals surface area contributed by atoms with Crippen LogP contribution in [0.15, 0.2) is 10.2 Å². The van der Waals surface area contributed by atoms with Gasteiger partial charge in [0.15, 0.2) is 0 Å². The van der Waals surface area contributed by atoms with Crippen LogP contribution in [0.3, 0.4) is 0 Å². The van der Waals surface area contributed by atoms with Crippen molar-refractivity contribution in [2.75, 3.05) is 0 Å². The summed E-state index contributed by atoms with van der Waals surface area (Å²) in [6.45, 7) is 2.02. The van der Waals surface area contributed by atoms with Gasteiger partial charge in [0.25, 0.3) is 0 Å². The molecule has 5 heteroatoms. The Morgan fingerprint density at radius 3 is 2.53 bits per heavy atom. The van der Waals surface area contributed by atoms with Crippen molar-refractivity contribution in [1.82, 2.24) is 9.88 Å². The number of hydrogen-bond acceptors (Lipinski definition) is 3. The fourth-order valence-electron chi connectivity index (χ4n) is 2.61. The molecule has 1 saturated carbocycles. The number of carbonyl (C=O) groups is 1. The number of thiazole rings is 1. The molecule has 0 aromatic carbocycles. The van der Waals surface area contributed by atoms with Gasteiger partial charge in [0, 0.05) is 17.1 Å². The molecule has 0 bridgehead atoms. The Bertz CT molecular complexity index is 470. The second-order valence-electron chi connectivity index (χ2n) is 5.34. The van der Waals surface area contributed by atoms with E-state index in [4.69, 9.17) is 0 Å². The van der Waals surface area contributed by atoms with Crippen LogP contribution in [-0.4, -0.2) is 16.5 Å². The van der Waals surface area contributed by atoms with E-state index in [-0.39, 0.29) is 17.3 Å². The number of nitrogens with one attached hydrogen (secondary N) is 1. The van der Waals surface area contributed by atoms with Gasteiger partial charge < -0.3 is 5.32 Å². The minimum atomic E-state index is -0.0506. The molecule has 106 valence electrons. The van der Waals surface area contributed by atoms with Crippen molar-refractivity contribution in [3.63, 3.8) is 0 Å². The largest absolute Gasteiger partial charge is 0.352 e. The van der Waals surface area contributed by atoms with E-state index in [9.17, 15) is 9.59 Å². The molecule has 1 amide bonds. The van der Waals surface area contributed by atoms with Gasteiger partial charge in [0.05, 0.1) is 0 Å². The van der Waals surface area contributed by atoms with Crippen LogP contribution in [-0.2, 0) is 11.3 Å². The predicted molar refractivity (Wildman–Crippen MR) is 77.6 cm³/mol. The highest BCUT2D eigenvalue weighted by Crippen LogP contribution is 2.17. The highest BCUT2D eigenvalue weighted by Gasteiger charge is 2.15. The van der Waals surface area contributed by atoms with Gasteiger partial charge >= 0.3 is 4.87 Å². The van der Waals surface area contributed by atoms with Crippen molar-refractivity contribution in [2.45, 2.75) is 64.5 Å². The minimum Gasteiger partial charge on any atom is -0.352 e. The molecular formula is C14H22N2O2S. The summed E-state index contributed by atoms with van der Waals surface area (Å²) in [6.07, 6.45) is 8.41. The third-order valence-corrected chi connectivity index (χ3v) is 4.63. The van der Waals surface area contributed by atoms with Gasteiger partial charge in [0.2, 0.25) is 5.91 Å². The Morgan fingerprint density at radius 2 is 1.95 bits per heavy atom. The maximum absolute atomic E-state index is 12.0. The van der Waals surface area contributed by atoms with Crippen LogP contribution >= 0.6 is 11.3 Å². The highest BCUT2D eigenvalue weighted by atomic mass is 32.1. The number of aromatic nitrogens is 1. The molecule has 0 spiro atoms. The molecule has 1 fully saturated rings. The first-order chi connectivity index (χ1) is 9.16. The monoisotopic (exact) mass is 282 g/mol. The molecule has 1 N–H and O–H groups in total. The summed E-state index contributed by atoms with van der Waals surface area (Å²) in [5, 5.41) is 4.88. The van der Waals surface area contributed by atoms with E-state index < -0.39 is 0 Å². The zero-order valence-corrected chi connectivity index (χ0v) is 12.3. The molecule has 0 atom stereocenters. The first-order valence-electron chi connectivity index (χ1n) is 7.11. The first kappa shape index (κ1) is 14.3. The van der Waals surface area contributed by atoms with E-state index >= 15 is 0 Å². The van der Waals surface area contributed by atoms with Crippen LogP contribution in [0, 0.1) is 6.92 Å². The molecule has 0 saturated heterocycles. The summed E-state index contributed by atoms with van der Waals surface area (Å²) in [7, 11) is 0. The molecule has 4 nitrogen and oxygen atoms in total. The molecular weight excluding hydrogens is 260 g/mol. The number of aryl methyl sites for hydroxylation is 1. The second kappa shape index (κ2) is 6.89. The van der Waals surface area contributed by atoms with Gasteiger partial charge in [-0.25, -0.2) is 0 Å². The first-order valence-corrected chi connectivity index (χ1v) is 7.99. The van der Waals surface area contributed by atoms with E-state index in [0.29, 0.717) is 6.04 Å². The lowest BCUT2D eigenvalue weighted by atomic mass is 9.97. The van der Waals surface area contributed by atoms with Crippen LogP contribution in [0.25, 0.3) is 0 Å². The summed E-state index contributed by atoms with van der Waals surface area (Å²) < 4.78 is 1.54. The maximum atomic E-state index is 12.0. The fraction of sp³-hybridized carbons (Fsp3) is 0.714. The number of amides is 1. The summed E-state index contributed by atoms with van der Waals surface area (Å²) >= 11 is 1.15. The van der Waals surface area contributed by atoms with Crippen LogP contribution < -0.4 is 10.2 Å². The Kier molecular flexibility index (Phi) is 5.19.